The van der Waals surface area contributed by atoms with E-state index in [0.29, 0.717) is 15.6 Å². The van der Waals surface area contributed by atoms with Gasteiger partial charge < -0.3 is 5.11 Å². The topological polar surface area (TPSA) is 20.2 Å². The molecule has 18 heavy (non-hydrogen) atoms. The Kier molecular flexibility index (Phi) is 4.09. The molecule has 0 radical (unpaired) electrons. The molecule has 94 valence electrons. The lowest BCUT2D eigenvalue weighted by molar-refractivity contribution is 0.178. The highest BCUT2D eigenvalue weighted by molar-refractivity contribution is 9.10. The number of aliphatic hydroxyl groups is 1. The molecular weight excluding hydrogens is 302 g/mol. The lowest BCUT2D eigenvalue weighted by Crippen LogP contribution is -2.02. The Hall–Kier alpha value is -1.26. The van der Waals surface area contributed by atoms with E-state index in [4.69, 9.17) is 0 Å². The summed E-state index contributed by atoms with van der Waals surface area (Å²) >= 11 is 3.20. The van der Waals surface area contributed by atoms with E-state index >= 15 is 0 Å². The molecule has 1 N–H and O–H groups in total. The molecule has 2 aromatic carbocycles. The molecule has 0 aliphatic heterocycles. The zero-order valence-electron chi connectivity index (χ0n) is 9.41. The van der Waals surface area contributed by atoms with Crippen molar-refractivity contribution < 1.29 is 13.9 Å². The SMILES string of the molecule is OC(Cc1cc(F)cc(Br)c1)c1ccc(F)cc1. The van der Waals surface area contributed by atoms with Crippen LogP contribution < -0.4 is 0 Å². The third-order valence-corrected chi connectivity index (χ3v) is 3.06. The lowest BCUT2D eigenvalue weighted by atomic mass is 10.0. The third kappa shape index (κ3) is 3.37. The van der Waals surface area contributed by atoms with Gasteiger partial charge in [-0.05, 0) is 41.5 Å². The molecule has 0 aromatic heterocycles. The van der Waals surface area contributed by atoms with Crippen molar-refractivity contribution in [3.8, 4) is 0 Å². The first-order valence-electron chi connectivity index (χ1n) is 5.43. The molecule has 0 amide bonds. The molecule has 0 saturated carbocycles. The predicted octanol–water partition coefficient (Wildman–Crippen LogP) is 4.00. The fourth-order valence-corrected chi connectivity index (χ4v) is 2.27. The summed E-state index contributed by atoms with van der Waals surface area (Å²) in [5.74, 6) is -0.704. The van der Waals surface area contributed by atoms with Crippen LogP contribution >= 0.6 is 15.9 Å². The first-order valence-corrected chi connectivity index (χ1v) is 6.22. The highest BCUT2D eigenvalue weighted by Crippen LogP contribution is 2.22. The zero-order chi connectivity index (χ0) is 13.1. The van der Waals surface area contributed by atoms with Crippen molar-refractivity contribution in [2.75, 3.05) is 0 Å². The van der Waals surface area contributed by atoms with Gasteiger partial charge >= 0.3 is 0 Å². The standard InChI is InChI=1S/C14H11BrF2O/c15-11-5-9(6-13(17)8-11)7-14(18)10-1-3-12(16)4-2-10/h1-6,8,14,18H,7H2. The number of hydrogen-bond acceptors (Lipinski definition) is 1. The molecule has 0 fully saturated rings. The molecule has 2 rings (SSSR count). The highest BCUT2D eigenvalue weighted by atomic mass is 79.9. The van der Waals surface area contributed by atoms with Gasteiger partial charge in [-0.2, -0.15) is 0 Å². The lowest BCUT2D eigenvalue weighted by Gasteiger charge is -2.11. The summed E-state index contributed by atoms with van der Waals surface area (Å²) in [4.78, 5) is 0. The van der Waals surface area contributed by atoms with Crippen LogP contribution in [-0.4, -0.2) is 5.11 Å². The minimum absolute atomic E-state index is 0.280. The van der Waals surface area contributed by atoms with Crippen molar-refractivity contribution in [1.29, 1.82) is 0 Å². The number of halogens is 3. The smallest absolute Gasteiger partial charge is 0.124 e. The van der Waals surface area contributed by atoms with Gasteiger partial charge in [0.2, 0.25) is 0 Å². The van der Waals surface area contributed by atoms with Crippen LogP contribution in [0.5, 0.6) is 0 Å². The van der Waals surface area contributed by atoms with E-state index in [0.717, 1.165) is 0 Å². The van der Waals surface area contributed by atoms with E-state index in [2.05, 4.69) is 15.9 Å². The predicted molar refractivity (Wildman–Crippen MR) is 69.2 cm³/mol. The summed E-state index contributed by atoms with van der Waals surface area (Å²) in [6.45, 7) is 0. The van der Waals surface area contributed by atoms with Gasteiger partial charge in [0.15, 0.2) is 0 Å². The zero-order valence-corrected chi connectivity index (χ0v) is 11.0. The maximum Gasteiger partial charge on any atom is 0.124 e. The van der Waals surface area contributed by atoms with Crippen molar-refractivity contribution in [2.24, 2.45) is 0 Å². The van der Waals surface area contributed by atoms with E-state index in [1.165, 1.54) is 36.4 Å². The summed E-state index contributed by atoms with van der Waals surface area (Å²) in [5, 5.41) is 9.99. The summed E-state index contributed by atoms with van der Waals surface area (Å²) in [7, 11) is 0. The van der Waals surface area contributed by atoms with Crippen molar-refractivity contribution >= 4 is 15.9 Å². The molecule has 1 nitrogen and oxygen atoms in total. The molecular formula is C14H11BrF2O. The quantitative estimate of drug-likeness (QED) is 0.908. The van der Waals surface area contributed by atoms with E-state index in [1.807, 2.05) is 0 Å². The largest absolute Gasteiger partial charge is 0.388 e. The van der Waals surface area contributed by atoms with Crippen LogP contribution in [0.2, 0.25) is 0 Å². The Morgan fingerprint density at radius 2 is 1.67 bits per heavy atom. The van der Waals surface area contributed by atoms with Gasteiger partial charge in [0.05, 0.1) is 6.10 Å². The molecule has 0 saturated heterocycles. The minimum Gasteiger partial charge on any atom is -0.388 e. The Bertz CT molecular complexity index is 520. The number of benzene rings is 2. The maximum atomic E-state index is 13.2. The Morgan fingerprint density at radius 3 is 2.28 bits per heavy atom. The van der Waals surface area contributed by atoms with Gasteiger partial charge in [-0.15, -0.1) is 0 Å². The van der Waals surface area contributed by atoms with Crippen LogP contribution in [0.15, 0.2) is 46.9 Å². The molecule has 1 unspecified atom stereocenters. The van der Waals surface area contributed by atoms with E-state index in [9.17, 15) is 13.9 Å². The summed E-state index contributed by atoms with van der Waals surface area (Å²) < 4.78 is 26.5. The first kappa shape index (κ1) is 13.2. The summed E-state index contributed by atoms with van der Waals surface area (Å²) in [5.41, 5.74) is 1.29. The monoisotopic (exact) mass is 312 g/mol. The van der Waals surface area contributed by atoms with Crippen LogP contribution in [0, 0.1) is 11.6 Å². The first-order chi connectivity index (χ1) is 8.54. The summed E-state index contributed by atoms with van der Waals surface area (Å²) in [6.07, 6.45) is -0.499. The number of rotatable bonds is 3. The van der Waals surface area contributed by atoms with Crippen LogP contribution in [0.4, 0.5) is 8.78 Å². The molecule has 0 aliphatic rings. The van der Waals surface area contributed by atoms with Crippen LogP contribution in [-0.2, 0) is 6.42 Å². The molecule has 0 aliphatic carbocycles. The second-order valence-electron chi connectivity index (χ2n) is 4.05. The molecule has 0 spiro atoms. The van der Waals surface area contributed by atoms with Crippen molar-refractivity contribution in [3.63, 3.8) is 0 Å². The van der Waals surface area contributed by atoms with E-state index in [1.54, 1.807) is 6.07 Å². The average Bonchev–Trinajstić information content (AvgIpc) is 2.28. The minimum atomic E-state index is -0.778. The van der Waals surface area contributed by atoms with Gasteiger partial charge in [0.1, 0.15) is 11.6 Å². The molecule has 0 bridgehead atoms. The van der Waals surface area contributed by atoms with E-state index < -0.39 is 6.10 Å². The van der Waals surface area contributed by atoms with Crippen molar-refractivity contribution in [3.05, 3.63) is 69.7 Å². The molecule has 2 aromatic rings. The van der Waals surface area contributed by atoms with Crippen molar-refractivity contribution in [2.45, 2.75) is 12.5 Å². The van der Waals surface area contributed by atoms with Crippen LogP contribution in [0.3, 0.4) is 0 Å². The maximum absolute atomic E-state index is 13.2. The van der Waals surface area contributed by atoms with Gasteiger partial charge in [-0.3, -0.25) is 0 Å². The highest BCUT2D eigenvalue weighted by Gasteiger charge is 2.10. The second kappa shape index (κ2) is 5.59. The normalized spacial score (nSPS) is 12.4. The third-order valence-electron chi connectivity index (χ3n) is 2.61. The molecule has 0 heterocycles. The Labute approximate surface area is 112 Å². The van der Waals surface area contributed by atoms with Gasteiger partial charge in [0.25, 0.3) is 0 Å². The van der Waals surface area contributed by atoms with Gasteiger partial charge in [-0.25, -0.2) is 8.78 Å². The fraction of sp³-hybridized carbons (Fsp3) is 0.143. The number of hydrogen-bond donors (Lipinski definition) is 1. The molecule has 4 heteroatoms. The Balaban J connectivity index is 2.15. The summed E-state index contributed by atoms with van der Waals surface area (Å²) in [6, 6.07) is 10.1. The van der Waals surface area contributed by atoms with Crippen LogP contribution in [0.25, 0.3) is 0 Å². The van der Waals surface area contributed by atoms with Gasteiger partial charge in [0, 0.05) is 10.9 Å². The average molecular weight is 313 g/mol. The Morgan fingerprint density at radius 1 is 1.00 bits per heavy atom. The van der Waals surface area contributed by atoms with Gasteiger partial charge in [-0.1, -0.05) is 28.1 Å². The van der Waals surface area contributed by atoms with E-state index in [-0.39, 0.29) is 18.1 Å². The number of aliphatic hydroxyl groups excluding tert-OH is 1. The fourth-order valence-electron chi connectivity index (χ4n) is 1.75. The second-order valence-corrected chi connectivity index (χ2v) is 4.96. The molecule has 1 atom stereocenters. The van der Waals surface area contributed by atoms with Crippen LogP contribution in [0.1, 0.15) is 17.2 Å². The van der Waals surface area contributed by atoms with Crippen molar-refractivity contribution in [1.82, 2.24) is 0 Å².